The van der Waals surface area contributed by atoms with Gasteiger partial charge in [-0.2, -0.15) is 0 Å². The summed E-state index contributed by atoms with van der Waals surface area (Å²) in [7, 11) is 0. The summed E-state index contributed by atoms with van der Waals surface area (Å²) in [6, 6.07) is 7.58. The fourth-order valence-corrected chi connectivity index (χ4v) is 3.69. The predicted molar refractivity (Wildman–Crippen MR) is 90.8 cm³/mol. The van der Waals surface area contributed by atoms with E-state index in [0.29, 0.717) is 25.3 Å². The Morgan fingerprint density at radius 2 is 2.04 bits per heavy atom. The van der Waals surface area contributed by atoms with Crippen molar-refractivity contribution in [2.75, 3.05) is 13.2 Å². The second-order valence-electron chi connectivity index (χ2n) is 6.43. The van der Waals surface area contributed by atoms with Gasteiger partial charge in [-0.1, -0.05) is 6.07 Å². The molecule has 1 saturated heterocycles. The van der Waals surface area contributed by atoms with E-state index in [-0.39, 0.29) is 24.2 Å². The second kappa shape index (κ2) is 7.29. The van der Waals surface area contributed by atoms with Gasteiger partial charge in [-0.25, -0.2) is 0 Å². The molecule has 2 aromatic rings. The van der Waals surface area contributed by atoms with Gasteiger partial charge in [-0.05, 0) is 36.6 Å². The number of amides is 1. The van der Waals surface area contributed by atoms with Gasteiger partial charge in [0.15, 0.2) is 0 Å². The van der Waals surface area contributed by atoms with Gasteiger partial charge in [-0.3, -0.25) is 14.8 Å². The van der Waals surface area contributed by atoms with Crippen LogP contribution in [0.2, 0.25) is 0 Å². The zero-order chi connectivity index (χ0) is 17.1. The zero-order valence-electron chi connectivity index (χ0n) is 14.0. The number of carbonyl (C=O) groups is 1. The van der Waals surface area contributed by atoms with Crippen molar-refractivity contribution < 1.29 is 14.3 Å². The summed E-state index contributed by atoms with van der Waals surface area (Å²) in [6.07, 6.45) is 8.60. The number of nitrogens with zero attached hydrogens (tertiary/aromatic N) is 3. The standard InChI is InChI=1S/C19H21N3O3/c23-19(15-4-2-8-21-12-15)22-9-10-24-18-16(22)5-6-17(18)25-13-14-3-1-7-20-11-14/h1-4,7-8,11-12,16-18H,5-6,9-10,13H2/t16-,17-,18+/m0/s1. The molecular weight excluding hydrogens is 318 g/mol. The molecule has 2 fully saturated rings. The van der Waals surface area contributed by atoms with Crippen molar-refractivity contribution in [2.24, 2.45) is 0 Å². The van der Waals surface area contributed by atoms with Crippen LogP contribution < -0.4 is 0 Å². The second-order valence-corrected chi connectivity index (χ2v) is 6.43. The molecule has 0 unspecified atom stereocenters. The highest BCUT2D eigenvalue weighted by Crippen LogP contribution is 2.33. The molecule has 2 aliphatic rings. The first-order chi connectivity index (χ1) is 12.3. The summed E-state index contributed by atoms with van der Waals surface area (Å²) in [5.74, 6) is 0.0271. The normalized spacial score (nSPS) is 25.6. The number of rotatable bonds is 4. The smallest absolute Gasteiger partial charge is 0.255 e. The van der Waals surface area contributed by atoms with Crippen LogP contribution in [0.15, 0.2) is 49.1 Å². The van der Waals surface area contributed by atoms with Gasteiger partial charge < -0.3 is 14.4 Å². The Hall–Kier alpha value is -2.31. The van der Waals surface area contributed by atoms with Crippen LogP contribution in [0.1, 0.15) is 28.8 Å². The van der Waals surface area contributed by atoms with Crippen molar-refractivity contribution in [1.82, 2.24) is 14.9 Å². The summed E-state index contributed by atoms with van der Waals surface area (Å²) in [4.78, 5) is 22.9. The molecule has 25 heavy (non-hydrogen) atoms. The number of hydrogen-bond acceptors (Lipinski definition) is 5. The van der Waals surface area contributed by atoms with Crippen molar-refractivity contribution in [3.05, 3.63) is 60.2 Å². The van der Waals surface area contributed by atoms with Crippen molar-refractivity contribution in [2.45, 2.75) is 37.7 Å². The molecule has 6 heteroatoms. The van der Waals surface area contributed by atoms with Crippen LogP contribution in [0, 0.1) is 0 Å². The lowest BCUT2D eigenvalue weighted by Crippen LogP contribution is -2.53. The first-order valence-corrected chi connectivity index (χ1v) is 8.66. The molecule has 0 spiro atoms. The van der Waals surface area contributed by atoms with Gasteiger partial charge in [0.05, 0.1) is 30.9 Å². The van der Waals surface area contributed by atoms with Gasteiger partial charge >= 0.3 is 0 Å². The van der Waals surface area contributed by atoms with Crippen molar-refractivity contribution in [3.63, 3.8) is 0 Å². The molecule has 130 valence electrons. The molecule has 0 bridgehead atoms. The van der Waals surface area contributed by atoms with Gasteiger partial charge in [0, 0.05) is 31.3 Å². The van der Waals surface area contributed by atoms with Crippen LogP contribution in [0.3, 0.4) is 0 Å². The van der Waals surface area contributed by atoms with E-state index in [1.165, 1.54) is 0 Å². The third-order valence-corrected chi connectivity index (χ3v) is 4.89. The minimum absolute atomic E-state index is 0.00899. The summed E-state index contributed by atoms with van der Waals surface area (Å²) in [5.41, 5.74) is 1.67. The summed E-state index contributed by atoms with van der Waals surface area (Å²) < 4.78 is 12.0. The Balaban J connectivity index is 1.42. The quantitative estimate of drug-likeness (QED) is 0.853. The number of fused-ring (bicyclic) bond motifs is 1. The monoisotopic (exact) mass is 339 g/mol. The van der Waals surface area contributed by atoms with Crippen molar-refractivity contribution >= 4 is 5.91 Å². The summed E-state index contributed by atoms with van der Waals surface area (Å²) in [5, 5.41) is 0. The molecule has 0 aromatic carbocycles. The molecule has 1 saturated carbocycles. The van der Waals surface area contributed by atoms with Gasteiger partial charge in [0.25, 0.3) is 5.91 Å². The van der Waals surface area contributed by atoms with Crippen LogP contribution in [-0.4, -0.2) is 52.2 Å². The molecule has 3 heterocycles. The SMILES string of the molecule is O=C(c1cccnc1)N1CCO[C@H]2[C@@H](OCc3cccnc3)CC[C@@H]21. The van der Waals surface area contributed by atoms with E-state index < -0.39 is 0 Å². The molecule has 0 radical (unpaired) electrons. The topological polar surface area (TPSA) is 64.6 Å². The number of aromatic nitrogens is 2. The highest BCUT2D eigenvalue weighted by molar-refractivity contribution is 5.94. The van der Waals surface area contributed by atoms with E-state index in [2.05, 4.69) is 9.97 Å². The average molecular weight is 339 g/mol. The van der Waals surface area contributed by atoms with Gasteiger partial charge in [-0.15, -0.1) is 0 Å². The number of hydrogen-bond donors (Lipinski definition) is 0. The van der Waals surface area contributed by atoms with E-state index >= 15 is 0 Å². The fraction of sp³-hybridized carbons (Fsp3) is 0.421. The number of morpholine rings is 1. The first-order valence-electron chi connectivity index (χ1n) is 8.66. The lowest BCUT2D eigenvalue weighted by molar-refractivity contribution is -0.108. The highest BCUT2D eigenvalue weighted by Gasteiger charge is 2.45. The lowest BCUT2D eigenvalue weighted by atomic mass is 10.1. The van der Waals surface area contributed by atoms with Crippen LogP contribution in [-0.2, 0) is 16.1 Å². The van der Waals surface area contributed by atoms with E-state index in [1.807, 2.05) is 29.3 Å². The third kappa shape index (κ3) is 3.41. The van der Waals surface area contributed by atoms with E-state index in [1.54, 1.807) is 24.7 Å². The maximum Gasteiger partial charge on any atom is 0.255 e. The van der Waals surface area contributed by atoms with Gasteiger partial charge in [0.1, 0.15) is 6.10 Å². The lowest BCUT2D eigenvalue weighted by Gasteiger charge is -2.39. The Kier molecular flexibility index (Phi) is 4.72. The molecule has 1 aliphatic carbocycles. The maximum atomic E-state index is 12.8. The summed E-state index contributed by atoms with van der Waals surface area (Å²) >= 11 is 0. The fourth-order valence-electron chi connectivity index (χ4n) is 3.69. The molecule has 1 aliphatic heterocycles. The van der Waals surface area contributed by atoms with Crippen LogP contribution in [0.4, 0.5) is 0 Å². The van der Waals surface area contributed by atoms with E-state index in [9.17, 15) is 4.79 Å². The van der Waals surface area contributed by atoms with Crippen molar-refractivity contribution in [1.29, 1.82) is 0 Å². The van der Waals surface area contributed by atoms with Crippen LogP contribution >= 0.6 is 0 Å². The molecule has 0 N–H and O–H groups in total. The highest BCUT2D eigenvalue weighted by atomic mass is 16.5. The van der Waals surface area contributed by atoms with Crippen molar-refractivity contribution in [3.8, 4) is 0 Å². The minimum Gasteiger partial charge on any atom is -0.372 e. The largest absolute Gasteiger partial charge is 0.372 e. The predicted octanol–water partition coefficient (Wildman–Crippen LogP) is 2.07. The maximum absolute atomic E-state index is 12.8. The van der Waals surface area contributed by atoms with Crippen LogP contribution in [0.5, 0.6) is 0 Å². The molecular formula is C19H21N3O3. The zero-order valence-corrected chi connectivity index (χ0v) is 14.0. The Labute approximate surface area is 146 Å². The summed E-state index contributed by atoms with van der Waals surface area (Å²) in [6.45, 7) is 1.67. The Morgan fingerprint density at radius 1 is 1.20 bits per heavy atom. The molecule has 3 atom stereocenters. The molecule has 2 aromatic heterocycles. The number of ether oxygens (including phenoxy) is 2. The molecule has 1 amide bonds. The third-order valence-electron chi connectivity index (χ3n) is 4.89. The minimum atomic E-state index is -0.0638. The van der Waals surface area contributed by atoms with Gasteiger partial charge in [0.2, 0.25) is 0 Å². The first kappa shape index (κ1) is 16.2. The van der Waals surface area contributed by atoms with E-state index in [4.69, 9.17) is 9.47 Å². The van der Waals surface area contributed by atoms with Crippen LogP contribution in [0.25, 0.3) is 0 Å². The Morgan fingerprint density at radius 3 is 2.80 bits per heavy atom. The molecule has 6 nitrogen and oxygen atoms in total. The average Bonchev–Trinajstić information content (AvgIpc) is 3.10. The number of carbonyl (C=O) groups excluding carboxylic acids is 1. The number of pyridine rings is 2. The molecule has 4 rings (SSSR count). The van der Waals surface area contributed by atoms with E-state index in [0.717, 1.165) is 18.4 Å². The Bertz CT molecular complexity index is 710.